The minimum absolute atomic E-state index is 0.359. The van der Waals surface area contributed by atoms with Crippen molar-refractivity contribution in [2.24, 2.45) is 5.10 Å². The molecule has 15 heavy (non-hydrogen) atoms. The van der Waals surface area contributed by atoms with Crippen LogP contribution in [0.5, 0.6) is 0 Å². The molecule has 1 aromatic rings. The van der Waals surface area contributed by atoms with Crippen molar-refractivity contribution in [1.29, 1.82) is 0 Å². The van der Waals surface area contributed by atoms with Gasteiger partial charge in [0.15, 0.2) is 0 Å². The van der Waals surface area contributed by atoms with Gasteiger partial charge in [0, 0.05) is 5.02 Å². The molecule has 0 saturated carbocycles. The van der Waals surface area contributed by atoms with Gasteiger partial charge in [0.2, 0.25) is 5.17 Å². The molecule has 0 heterocycles. The van der Waals surface area contributed by atoms with Crippen LogP contribution >= 0.6 is 34.8 Å². The minimum atomic E-state index is -1.33. The Balaban J connectivity index is 2.86. The number of hydrazone groups is 1. The Bertz CT molecular complexity index is 420. The molecule has 0 saturated heterocycles. The maximum Gasteiger partial charge on any atom is 0.368 e. The summed E-state index contributed by atoms with van der Waals surface area (Å²) in [7, 11) is 0. The second kappa shape index (κ2) is 5.21. The Kier molecular flexibility index (Phi) is 4.20. The van der Waals surface area contributed by atoms with E-state index in [-0.39, 0.29) is 0 Å². The lowest BCUT2D eigenvalue weighted by molar-refractivity contribution is -0.129. The van der Waals surface area contributed by atoms with Crippen LogP contribution in [0, 0.1) is 0 Å². The van der Waals surface area contributed by atoms with Gasteiger partial charge in [-0.1, -0.05) is 34.8 Å². The van der Waals surface area contributed by atoms with Crippen LogP contribution in [0.2, 0.25) is 10.0 Å². The van der Waals surface area contributed by atoms with Crippen molar-refractivity contribution >= 4 is 51.6 Å². The number of hydrogen-bond acceptors (Lipinski definition) is 3. The lowest BCUT2D eigenvalue weighted by Crippen LogP contribution is -2.07. The van der Waals surface area contributed by atoms with Crippen molar-refractivity contribution in [3.63, 3.8) is 0 Å². The standard InChI is InChI=1S/C8H5Cl3N2O2/c9-4-1-2-5(10)6(3-4)12-13-7(11)8(14)15/h1-3,12H,(H,14,15)/b13-7-. The summed E-state index contributed by atoms with van der Waals surface area (Å²) in [6, 6.07) is 4.65. The first-order valence-corrected chi connectivity index (χ1v) is 4.81. The van der Waals surface area contributed by atoms with Crippen molar-refractivity contribution in [1.82, 2.24) is 0 Å². The molecule has 4 nitrogen and oxygen atoms in total. The molecule has 0 bridgehead atoms. The Morgan fingerprint density at radius 2 is 2.07 bits per heavy atom. The summed E-state index contributed by atoms with van der Waals surface area (Å²) in [5.74, 6) is -1.33. The van der Waals surface area contributed by atoms with Gasteiger partial charge in [-0.15, -0.1) is 0 Å². The lowest BCUT2D eigenvalue weighted by Gasteiger charge is -2.03. The quantitative estimate of drug-likeness (QED) is 0.653. The molecule has 0 fully saturated rings. The SMILES string of the molecule is O=C(O)/C(Cl)=N/Nc1cc(Cl)ccc1Cl. The normalized spacial score (nSPS) is 11.3. The van der Waals surface area contributed by atoms with Crippen LogP contribution in [0.15, 0.2) is 23.3 Å². The second-order valence-corrected chi connectivity index (χ2v) is 3.65. The third-order valence-electron chi connectivity index (χ3n) is 1.38. The van der Waals surface area contributed by atoms with E-state index in [0.717, 1.165) is 0 Å². The molecule has 80 valence electrons. The molecule has 2 N–H and O–H groups in total. The monoisotopic (exact) mass is 266 g/mol. The summed E-state index contributed by atoms with van der Waals surface area (Å²) >= 11 is 16.7. The van der Waals surface area contributed by atoms with Gasteiger partial charge in [0.05, 0.1) is 10.7 Å². The van der Waals surface area contributed by atoms with E-state index in [1.807, 2.05) is 0 Å². The third kappa shape index (κ3) is 3.58. The summed E-state index contributed by atoms with van der Waals surface area (Å²) < 4.78 is 0. The topological polar surface area (TPSA) is 61.7 Å². The summed E-state index contributed by atoms with van der Waals surface area (Å²) in [6.07, 6.45) is 0. The fraction of sp³-hybridized carbons (Fsp3) is 0. The van der Waals surface area contributed by atoms with Crippen molar-refractivity contribution in [2.75, 3.05) is 5.43 Å². The van der Waals surface area contributed by atoms with Gasteiger partial charge >= 0.3 is 5.97 Å². The van der Waals surface area contributed by atoms with Crippen LogP contribution < -0.4 is 5.43 Å². The van der Waals surface area contributed by atoms with Crippen molar-refractivity contribution in [3.05, 3.63) is 28.2 Å². The number of nitrogens with one attached hydrogen (secondary N) is 1. The first kappa shape index (κ1) is 12.1. The molecule has 1 rings (SSSR count). The molecule has 0 atom stereocenters. The highest BCUT2D eigenvalue weighted by molar-refractivity contribution is 6.81. The van der Waals surface area contributed by atoms with E-state index in [2.05, 4.69) is 10.5 Å². The van der Waals surface area contributed by atoms with Crippen LogP contribution in [-0.4, -0.2) is 16.2 Å². The maximum atomic E-state index is 10.3. The number of halogens is 3. The van der Waals surface area contributed by atoms with Crippen molar-refractivity contribution in [3.8, 4) is 0 Å². The van der Waals surface area contributed by atoms with Gasteiger partial charge in [0.25, 0.3) is 0 Å². The number of rotatable bonds is 3. The number of carboxylic acids is 1. The summed E-state index contributed by atoms with van der Waals surface area (Å²) in [5, 5.41) is 12.0. The summed E-state index contributed by atoms with van der Waals surface area (Å²) in [6.45, 7) is 0. The Morgan fingerprint density at radius 1 is 1.40 bits per heavy atom. The third-order valence-corrected chi connectivity index (χ3v) is 2.19. The van der Waals surface area contributed by atoms with Crippen molar-refractivity contribution in [2.45, 2.75) is 0 Å². The average Bonchev–Trinajstić information content (AvgIpc) is 2.18. The first-order valence-electron chi connectivity index (χ1n) is 3.68. The zero-order valence-corrected chi connectivity index (χ0v) is 9.44. The molecule has 0 spiro atoms. The van der Waals surface area contributed by atoms with E-state index < -0.39 is 11.1 Å². The number of anilines is 1. The van der Waals surface area contributed by atoms with Crippen LogP contribution in [-0.2, 0) is 4.79 Å². The zero-order chi connectivity index (χ0) is 11.4. The van der Waals surface area contributed by atoms with E-state index in [9.17, 15) is 4.79 Å². The van der Waals surface area contributed by atoms with Gasteiger partial charge in [-0.25, -0.2) is 4.79 Å². The van der Waals surface area contributed by atoms with E-state index >= 15 is 0 Å². The fourth-order valence-electron chi connectivity index (χ4n) is 0.740. The fourth-order valence-corrected chi connectivity index (χ4v) is 1.11. The van der Waals surface area contributed by atoms with Gasteiger partial charge in [-0.05, 0) is 18.2 Å². The van der Waals surface area contributed by atoms with E-state index in [4.69, 9.17) is 39.9 Å². The van der Waals surface area contributed by atoms with Crippen molar-refractivity contribution < 1.29 is 9.90 Å². The van der Waals surface area contributed by atoms with Crippen LogP contribution in [0.4, 0.5) is 5.69 Å². The van der Waals surface area contributed by atoms with Gasteiger partial charge in [-0.2, -0.15) is 5.10 Å². The van der Waals surface area contributed by atoms with Crippen LogP contribution in [0.25, 0.3) is 0 Å². The van der Waals surface area contributed by atoms with Gasteiger partial charge in [-0.3, -0.25) is 5.43 Å². The highest BCUT2D eigenvalue weighted by atomic mass is 35.5. The molecular weight excluding hydrogens is 262 g/mol. The average molecular weight is 267 g/mol. The van der Waals surface area contributed by atoms with Gasteiger partial charge < -0.3 is 5.11 Å². The largest absolute Gasteiger partial charge is 0.476 e. The molecule has 0 aliphatic heterocycles. The Hall–Kier alpha value is -0.970. The predicted octanol–water partition coefficient (Wildman–Crippen LogP) is 3.04. The van der Waals surface area contributed by atoms with E-state index in [1.165, 1.54) is 6.07 Å². The highest BCUT2D eigenvalue weighted by Gasteiger charge is 2.05. The predicted molar refractivity (Wildman–Crippen MR) is 61.0 cm³/mol. The summed E-state index contributed by atoms with van der Waals surface area (Å²) in [4.78, 5) is 10.3. The molecule has 7 heteroatoms. The molecule has 1 aromatic carbocycles. The Morgan fingerprint density at radius 3 is 2.67 bits per heavy atom. The Labute approximate surface area is 100 Å². The van der Waals surface area contributed by atoms with Crippen LogP contribution in [0.1, 0.15) is 0 Å². The molecule has 0 unspecified atom stereocenters. The number of carboxylic acid groups (broad SMARTS) is 1. The van der Waals surface area contributed by atoms with E-state index in [0.29, 0.717) is 15.7 Å². The summed E-state index contributed by atoms with van der Waals surface area (Å²) in [5.41, 5.74) is 2.77. The van der Waals surface area contributed by atoms with Gasteiger partial charge in [0.1, 0.15) is 0 Å². The molecule has 0 aromatic heterocycles. The number of benzene rings is 1. The number of nitrogens with zero attached hydrogens (tertiary/aromatic N) is 1. The number of aliphatic carboxylic acids is 1. The van der Waals surface area contributed by atoms with Crippen LogP contribution in [0.3, 0.4) is 0 Å². The molecule has 0 radical (unpaired) electrons. The first-order chi connectivity index (χ1) is 7.00. The minimum Gasteiger partial charge on any atom is -0.476 e. The smallest absolute Gasteiger partial charge is 0.368 e. The lowest BCUT2D eigenvalue weighted by atomic mass is 10.3. The second-order valence-electron chi connectivity index (χ2n) is 2.44. The zero-order valence-electron chi connectivity index (χ0n) is 7.17. The number of hydrogen-bond donors (Lipinski definition) is 2. The maximum absolute atomic E-state index is 10.3. The molecule has 0 aliphatic carbocycles. The number of carbonyl (C=O) groups is 1. The molecular formula is C8H5Cl3N2O2. The van der Waals surface area contributed by atoms with E-state index in [1.54, 1.807) is 12.1 Å². The molecule has 0 amide bonds. The molecule has 0 aliphatic rings. The highest BCUT2D eigenvalue weighted by Crippen LogP contribution is 2.25.